The number of hydrogen-bond donors (Lipinski definition) is 2. The Bertz CT molecular complexity index is 566. The molecule has 5 heteroatoms. The molecule has 0 bridgehead atoms. The number of hydrogen-bond acceptors (Lipinski definition) is 3. The monoisotopic (exact) mass is 257 g/mol. The van der Waals surface area contributed by atoms with Crippen molar-refractivity contribution in [2.45, 2.75) is 13.0 Å². The van der Waals surface area contributed by atoms with Gasteiger partial charge in [-0.25, -0.2) is 0 Å². The largest absolute Gasteiger partial charge is 0.492 e. The van der Waals surface area contributed by atoms with Crippen LogP contribution in [0.25, 0.3) is 0 Å². The van der Waals surface area contributed by atoms with E-state index < -0.39 is 0 Å². The van der Waals surface area contributed by atoms with Crippen LogP contribution in [-0.4, -0.2) is 22.7 Å². The number of carbonyl (C=O) groups is 1. The van der Waals surface area contributed by atoms with Crippen LogP contribution in [0.4, 0.5) is 0 Å². The summed E-state index contributed by atoms with van der Waals surface area (Å²) in [6, 6.07) is 9.69. The van der Waals surface area contributed by atoms with Crippen molar-refractivity contribution in [3.05, 3.63) is 47.8 Å². The Morgan fingerprint density at radius 2 is 2.32 bits per heavy atom. The zero-order chi connectivity index (χ0) is 13.1. The summed E-state index contributed by atoms with van der Waals surface area (Å²) < 4.78 is 5.61. The van der Waals surface area contributed by atoms with E-state index in [0.29, 0.717) is 13.2 Å². The van der Waals surface area contributed by atoms with Crippen LogP contribution in [0.5, 0.6) is 5.75 Å². The maximum Gasteiger partial charge on any atom is 0.227 e. The zero-order valence-electron chi connectivity index (χ0n) is 10.4. The van der Waals surface area contributed by atoms with E-state index in [0.717, 1.165) is 23.4 Å². The van der Waals surface area contributed by atoms with Gasteiger partial charge >= 0.3 is 0 Å². The quantitative estimate of drug-likeness (QED) is 0.870. The van der Waals surface area contributed by atoms with E-state index in [2.05, 4.69) is 15.5 Å². The van der Waals surface area contributed by atoms with E-state index in [-0.39, 0.29) is 11.8 Å². The van der Waals surface area contributed by atoms with Gasteiger partial charge in [0.15, 0.2) is 0 Å². The summed E-state index contributed by atoms with van der Waals surface area (Å²) in [4.78, 5) is 12.1. The van der Waals surface area contributed by atoms with Crippen molar-refractivity contribution < 1.29 is 9.53 Å². The van der Waals surface area contributed by atoms with E-state index in [1.807, 2.05) is 30.3 Å². The van der Waals surface area contributed by atoms with Gasteiger partial charge in [-0.15, -0.1) is 0 Å². The van der Waals surface area contributed by atoms with Crippen molar-refractivity contribution in [1.82, 2.24) is 15.5 Å². The molecular formula is C14H15N3O2. The maximum absolute atomic E-state index is 12.1. The van der Waals surface area contributed by atoms with Gasteiger partial charge in [0.05, 0.1) is 18.2 Å². The van der Waals surface area contributed by atoms with Gasteiger partial charge in [-0.1, -0.05) is 18.2 Å². The Morgan fingerprint density at radius 1 is 1.42 bits per heavy atom. The van der Waals surface area contributed by atoms with E-state index in [4.69, 9.17) is 4.74 Å². The molecule has 2 N–H and O–H groups in total. The number of rotatable bonds is 3. The molecule has 1 aliphatic rings. The number of fused-ring (bicyclic) bond motifs is 1. The fourth-order valence-electron chi connectivity index (χ4n) is 2.21. The average molecular weight is 257 g/mol. The fraction of sp³-hybridized carbons (Fsp3) is 0.286. The topological polar surface area (TPSA) is 67.0 Å². The van der Waals surface area contributed by atoms with Crippen LogP contribution in [0.2, 0.25) is 0 Å². The Kier molecular flexibility index (Phi) is 3.18. The first-order chi connectivity index (χ1) is 9.33. The highest BCUT2D eigenvalue weighted by Gasteiger charge is 2.25. The lowest BCUT2D eigenvalue weighted by atomic mass is 9.96. The lowest BCUT2D eigenvalue weighted by Gasteiger charge is -2.24. The number of aromatic nitrogens is 2. The number of H-pyrrole nitrogens is 1. The fourth-order valence-corrected chi connectivity index (χ4v) is 2.21. The predicted octanol–water partition coefficient (Wildman–Crippen LogP) is 1.28. The highest BCUT2D eigenvalue weighted by molar-refractivity contribution is 5.79. The van der Waals surface area contributed by atoms with Crippen LogP contribution in [0, 0.1) is 5.92 Å². The molecule has 0 saturated carbocycles. The van der Waals surface area contributed by atoms with Crippen LogP contribution in [-0.2, 0) is 17.8 Å². The summed E-state index contributed by atoms with van der Waals surface area (Å²) in [6.07, 6.45) is 2.40. The number of benzene rings is 1. The molecule has 0 radical (unpaired) electrons. The Hall–Kier alpha value is -2.30. The SMILES string of the molecule is O=C(NCc1ccn[nH]1)[C@@H]1COc2ccccc2C1. The van der Waals surface area contributed by atoms with Crippen LogP contribution >= 0.6 is 0 Å². The Morgan fingerprint density at radius 3 is 3.16 bits per heavy atom. The Balaban J connectivity index is 1.60. The van der Waals surface area contributed by atoms with E-state index in [9.17, 15) is 4.79 Å². The van der Waals surface area contributed by atoms with Crippen molar-refractivity contribution in [3.63, 3.8) is 0 Å². The molecule has 5 nitrogen and oxygen atoms in total. The summed E-state index contributed by atoms with van der Waals surface area (Å²) in [6.45, 7) is 0.906. The number of para-hydroxylation sites is 1. The minimum atomic E-state index is -0.127. The lowest BCUT2D eigenvalue weighted by molar-refractivity contribution is -0.126. The number of carbonyl (C=O) groups excluding carboxylic acids is 1. The second-order valence-corrected chi connectivity index (χ2v) is 4.62. The van der Waals surface area contributed by atoms with Gasteiger partial charge in [-0.2, -0.15) is 5.10 Å². The summed E-state index contributed by atoms with van der Waals surface area (Å²) in [5, 5.41) is 9.55. The lowest BCUT2D eigenvalue weighted by Crippen LogP contribution is -2.37. The first-order valence-electron chi connectivity index (χ1n) is 6.29. The molecule has 3 rings (SSSR count). The summed E-state index contributed by atoms with van der Waals surface area (Å²) in [5.74, 6) is 0.780. The molecule has 1 aromatic carbocycles. The van der Waals surface area contributed by atoms with Crippen LogP contribution in [0.1, 0.15) is 11.3 Å². The van der Waals surface area contributed by atoms with Crippen molar-refractivity contribution >= 4 is 5.91 Å². The third kappa shape index (κ3) is 2.59. The molecule has 2 heterocycles. The maximum atomic E-state index is 12.1. The van der Waals surface area contributed by atoms with Crippen LogP contribution in [0.15, 0.2) is 36.5 Å². The highest BCUT2D eigenvalue weighted by atomic mass is 16.5. The molecule has 1 atom stereocenters. The molecule has 0 spiro atoms. The molecule has 19 heavy (non-hydrogen) atoms. The normalized spacial score (nSPS) is 17.4. The number of ether oxygens (including phenoxy) is 1. The van der Waals surface area contributed by atoms with Gasteiger partial charge < -0.3 is 10.1 Å². The van der Waals surface area contributed by atoms with Gasteiger partial charge in [0.25, 0.3) is 0 Å². The smallest absolute Gasteiger partial charge is 0.227 e. The third-order valence-electron chi connectivity index (χ3n) is 3.26. The molecule has 0 saturated heterocycles. The minimum Gasteiger partial charge on any atom is -0.492 e. The first kappa shape index (κ1) is 11.8. The van der Waals surface area contributed by atoms with Gasteiger partial charge in [-0.3, -0.25) is 9.89 Å². The summed E-state index contributed by atoms with van der Waals surface area (Å²) in [7, 11) is 0. The molecule has 2 aromatic rings. The molecule has 98 valence electrons. The second-order valence-electron chi connectivity index (χ2n) is 4.62. The molecular weight excluding hydrogens is 242 g/mol. The van der Waals surface area contributed by atoms with Gasteiger partial charge in [0.2, 0.25) is 5.91 Å². The van der Waals surface area contributed by atoms with Crippen molar-refractivity contribution in [2.75, 3.05) is 6.61 Å². The molecule has 0 fully saturated rings. The molecule has 1 aliphatic heterocycles. The summed E-state index contributed by atoms with van der Waals surface area (Å²) in [5.41, 5.74) is 1.99. The van der Waals surface area contributed by atoms with Crippen LogP contribution < -0.4 is 10.1 Å². The van der Waals surface area contributed by atoms with Gasteiger partial charge in [0.1, 0.15) is 12.4 Å². The number of amides is 1. The molecule has 0 aliphatic carbocycles. The summed E-state index contributed by atoms with van der Waals surface area (Å²) >= 11 is 0. The van der Waals surface area contributed by atoms with Crippen molar-refractivity contribution in [3.8, 4) is 5.75 Å². The number of nitrogens with zero attached hydrogens (tertiary/aromatic N) is 1. The minimum absolute atomic E-state index is 0.0177. The van der Waals surface area contributed by atoms with E-state index >= 15 is 0 Å². The van der Waals surface area contributed by atoms with E-state index in [1.165, 1.54) is 0 Å². The zero-order valence-corrected chi connectivity index (χ0v) is 10.4. The second kappa shape index (κ2) is 5.14. The van der Waals surface area contributed by atoms with Crippen molar-refractivity contribution in [2.24, 2.45) is 5.92 Å². The van der Waals surface area contributed by atoms with Gasteiger partial charge in [-0.05, 0) is 24.1 Å². The molecule has 1 aromatic heterocycles. The highest BCUT2D eigenvalue weighted by Crippen LogP contribution is 2.26. The number of aromatic amines is 1. The van der Waals surface area contributed by atoms with E-state index in [1.54, 1.807) is 6.20 Å². The molecule has 1 amide bonds. The standard InChI is InChI=1S/C14H15N3O2/c18-14(15-8-12-5-6-16-17-12)11-7-10-3-1-2-4-13(10)19-9-11/h1-6,11H,7-9H2,(H,15,18)(H,16,17)/t11-/m0/s1. The third-order valence-corrected chi connectivity index (χ3v) is 3.26. The average Bonchev–Trinajstić information content (AvgIpc) is 2.97. The van der Waals surface area contributed by atoms with Gasteiger partial charge in [0, 0.05) is 6.20 Å². The van der Waals surface area contributed by atoms with Crippen molar-refractivity contribution in [1.29, 1.82) is 0 Å². The Labute approximate surface area is 111 Å². The number of nitrogens with one attached hydrogen (secondary N) is 2. The first-order valence-corrected chi connectivity index (χ1v) is 6.29. The predicted molar refractivity (Wildman–Crippen MR) is 69.6 cm³/mol. The molecule has 0 unspecified atom stereocenters. The van der Waals surface area contributed by atoms with Crippen LogP contribution in [0.3, 0.4) is 0 Å².